The lowest BCUT2D eigenvalue weighted by Gasteiger charge is -2.13. The highest BCUT2D eigenvalue weighted by molar-refractivity contribution is 5.42. The van der Waals surface area contributed by atoms with Gasteiger partial charge in [0, 0.05) is 12.6 Å². The van der Waals surface area contributed by atoms with E-state index < -0.39 is 0 Å². The van der Waals surface area contributed by atoms with Gasteiger partial charge in [0.1, 0.15) is 0 Å². The predicted octanol–water partition coefficient (Wildman–Crippen LogP) is 2.96. The Kier molecular flexibility index (Phi) is 5.68. The highest BCUT2D eigenvalue weighted by Crippen LogP contribution is 2.30. The van der Waals surface area contributed by atoms with Gasteiger partial charge in [-0.15, -0.1) is 0 Å². The van der Waals surface area contributed by atoms with Crippen molar-refractivity contribution in [2.24, 2.45) is 5.92 Å². The summed E-state index contributed by atoms with van der Waals surface area (Å²) in [6.07, 6.45) is 2.59. The maximum absolute atomic E-state index is 5.62. The van der Waals surface area contributed by atoms with Crippen LogP contribution in [0.2, 0.25) is 0 Å². The number of ether oxygens (including phenoxy) is 3. The highest BCUT2D eigenvalue weighted by Gasteiger charge is 2.21. The molecule has 0 unspecified atom stereocenters. The number of methoxy groups -OCH3 is 1. The summed E-state index contributed by atoms with van der Waals surface area (Å²) in [5, 5.41) is 3.38. The zero-order valence-corrected chi connectivity index (χ0v) is 12.6. The minimum Gasteiger partial charge on any atom is -0.493 e. The Morgan fingerprint density at radius 1 is 1.25 bits per heavy atom. The van der Waals surface area contributed by atoms with E-state index >= 15 is 0 Å². The van der Waals surface area contributed by atoms with Gasteiger partial charge in [-0.25, -0.2) is 0 Å². The Balaban J connectivity index is 1.83. The van der Waals surface area contributed by atoms with Gasteiger partial charge < -0.3 is 19.5 Å². The third-order valence-corrected chi connectivity index (χ3v) is 3.29. The average molecular weight is 279 g/mol. The van der Waals surface area contributed by atoms with E-state index in [0.717, 1.165) is 30.6 Å². The Morgan fingerprint density at radius 2 is 2.05 bits per heavy atom. The van der Waals surface area contributed by atoms with Crippen LogP contribution in [0.25, 0.3) is 0 Å². The molecule has 1 aliphatic rings. The molecule has 1 aromatic rings. The molecular weight excluding hydrogens is 254 g/mol. The first-order valence-corrected chi connectivity index (χ1v) is 7.30. The molecule has 0 spiro atoms. The fourth-order valence-corrected chi connectivity index (χ4v) is 1.87. The Morgan fingerprint density at radius 3 is 2.70 bits per heavy atom. The van der Waals surface area contributed by atoms with E-state index in [1.807, 2.05) is 18.2 Å². The number of hydrogen-bond acceptors (Lipinski definition) is 4. The van der Waals surface area contributed by atoms with Gasteiger partial charge in [0.2, 0.25) is 0 Å². The molecule has 0 heterocycles. The van der Waals surface area contributed by atoms with Crippen LogP contribution in [0.4, 0.5) is 0 Å². The van der Waals surface area contributed by atoms with E-state index in [1.165, 1.54) is 18.4 Å². The zero-order chi connectivity index (χ0) is 14.4. The summed E-state index contributed by atoms with van der Waals surface area (Å²) >= 11 is 0. The van der Waals surface area contributed by atoms with E-state index in [2.05, 4.69) is 19.2 Å². The second kappa shape index (κ2) is 7.50. The smallest absolute Gasteiger partial charge is 0.189 e. The van der Waals surface area contributed by atoms with Gasteiger partial charge in [-0.2, -0.15) is 0 Å². The van der Waals surface area contributed by atoms with Crippen molar-refractivity contribution >= 4 is 0 Å². The van der Waals surface area contributed by atoms with E-state index in [4.69, 9.17) is 14.2 Å². The first-order chi connectivity index (χ1) is 9.69. The van der Waals surface area contributed by atoms with Crippen molar-refractivity contribution in [1.82, 2.24) is 5.32 Å². The summed E-state index contributed by atoms with van der Waals surface area (Å²) in [6.45, 7) is 6.18. The van der Waals surface area contributed by atoms with Crippen LogP contribution in [0.15, 0.2) is 18.2 Å². The van der Waals surface area contributed by atoms with Crippen LogP contribution in [0, 0.1) is 5.92 Å². The lowest BCUT2D eigenvalue weighted by Crippen LogP contribution is -2.21. The van der Waals surface area contributed by atoms with Crippen LogP contribution in [0.1, 0.15) is 32.3 Å². The summed E-state index contributed by atoms with van der Waals surface area (Å²) in [6, 6.07) is 6.46. The molecule has 0 atom stereocenters. The highest BCUT2D eigenvalue weighted by atomic mass is 16.7. The SMILES string of the molecule is COc1cc(CNC(C)C)ccc1OCOCC1CC1. The third-order valence-electron chi connectivity index (χ3n) is 3.29. The lowest BCUT2D eigenvalue weighted by molar-refractivity contribution is 0.00865. The molecule has 0 saturated heterocycles. The van der Waals surface area contributed by atoms with Crippen LogP contribution in [0.3, 0.4) is 0 Å². The van der Waals surface area contributed by atoms with E-state index in [0.29, 0.717) is 6.04 Å². The zero-order valence-electron chi connectivity index (χ0n) is 12.6. The fourth-order valence-electron chi connectivity index (χ4n) is 1.87. The van der Waals surface area contributed by atoms with Crippen LogP contribution in [-0.2, 0) is 11.3 Å². The molecule has 20 heavy (non-hydrogen) atoms. The molecular formula is C16H25NO3. The Hall–Kier alpha value is -1.26. The van der Waals surface area contributed by atoms with Gasteiger partial charge in [0.25, 0.3) is 0 Å². The molecule has 1 aromatic carbocycles. The molecule has 4 heteroatoms. The van der Waals surface area contributed by atoms with Gasteiger partial charge >= 0.3 is 0 Å². The van der Waals surface area contributed by atoms with Crippen molar-refractivity contribution in [3.63, 3.8) is 0 Å². The average Bonchev–Trinajstić information content (AvgIpc) is 3.26. The predicted molar refractivity (Wildman–Crippen MR) is 79.1 cm³/mol. The van der Waals surface area contributed by atoms with E-state index in [1.54, 1.807) is 7.11 Å². The summed E-state index contributed by atoms with van der Waals surface area (Å²) in [5.74, 6) is 2.24. The van der Waals surface area contributed by atoms with E-state index in [9.17, 15) is 0 Å². The lowest BCUT2D eigenvalue weighted by atomic mass is 10.2. The van der Waals surface area contributed by atoms with Crippen molar-refractivity contribution in [3.8, 4) is 11.5 Å². The van der Waals surface area contributed by atoms with Crippen LogP contribution < -0.4 is 14.8 Å². The number of hydrogen-bond donors (Lipinski definition) is 1. The first kappa shape index (κ1) is 15.1. The molecule has 0 amide bonds. The summed E-state index contributed by atoms with van der Waals surface area (Å²) < 4.78 is 16.5. The Bertz CT molecular complexity index is 416. The fraction of sp³-hybridized carbons (Fsp3) is 0.625. The van der Waals surface area contributed by atoms with Crippen molar-refractivity contribution in [3.05, 3.63) is 23.8 Å². The topological polar surface area (TPSA) is 39.7 Å². The van der Waals surface area contributed by atoms with Crippen molar-refractivity contribution in [2.75, 3.05) is 20.5 Å². The maximum atomic E-state index is 5.62. The normalized spacial score (nSPS) is 14.6. The van der Waals surface area contributed by atoms with Crippen LogP contribution in [-0.4, -0.2) is 26.6 Å². The van der Waals surface area contributed by atoms with Crippen molar-refractivity contribution in [1.29, 1.82) is 0 Å². The molecule has 0 aliphatic heterocycles. The minimum absolute atomic E-state index is 0.288. The molecule has 0 aromatic heterocycles. The standard InChI is InChI=1S/C16H25NO3/c1-12(2)17-9-14-6-7-15(16(8-14)18-3)20-11-19-10-13-4-5-13/h6-8,12-13,17H,4-5,9-11H2,1-3H3. The van der Waals surface area contributed by atoms with Crippen LogP contribution >= 0.6 is 0 Å². The molecule has 112 valence electrons. The van der Waals surface area contributed by atoms with Gasteiger partial charge in [-0.1, -0.05) is 19.9 Å². The quantitative estimate of drug-likeness (QED) is 0.557. The molecule has 4 nitrogen and oxygen atoms in total. The molecule has 1 fully saturated rings. The molecule has 2 rings (SSSR count). The van der Waals surface area contributed by atoms with Gasteiger partial charge in [0.05, 0.1) is 13.7 Å². The van der Waals surface area contributed by atoms with E-state index in [-0.39, 0.29) is 6.79 Å². The minimum atomic E-state index is 0.288. The summed E-state index contributed by atoms with van der Waals surface area (Å²) in [4.78, 5) is 0. The second-order valence-corrected chi connectivity index (χ2v) is 5.60. The largest absolute Gasteiger partial charge is 0.493 e. The third kappa shape index (κ3) is 5.02. The number of nitrogens with one attached hydrogen (secondary N) is 1. The molecule has 0 radical (unpaired) electrons. The molecule has 1 aliphatic carbocycles. The number of benzene rings is 1. The number of rotatable bonds is 9. The molecule has 1 saturated carbocycles. The molecule has 0 bridgehead atoms. The monoisotopic (exact) mass is 279 g/mol. The first-order valence-electron chi connectivity index (χ1n) is 7.30. The van der Waals surface area contributed by atoms with Gasteiger partial charge in [0.15, 0.2) is 18.3 Å². The second-order valence-electron chi connectivity index (χ2n) is 5.60. The van der Waals surface area contributed by atoms with Crippen LogP contribution in [0.5, 0.6) is 11.5 Å². The Labute approximate surface area is 121 Å². The summed E-state index contributed by atoms with van der Waals surface area (Å²) in [7, 11) is 1.66. The van der Waals surface area contributed by atoms with Gasteiger partial charge in [-0.05, 0) is 36.5 Å². The molecule has 1 N–H and O–H groups in total. The maximum Gasteiger partial charge on any atom is 0.189 e. The van der Waals surface area contributed by atoms with Gasteiger partial charge in [-0.3, -0.25) is 0 Å². The summed E-state index contributed by atoms with van der Waals surface area (Å²) in [5.41, 5.74) is 1.18. The van der Waals surface area contributed by atoms with Crippen molar-refractivity contribution < 1.29 is 14.2 Å². The van der Waals surface area contributed by atoms with Crippen molar-refractivity contribution in [2.45, 2.75) is 39.3 Å².